The highest BCUT2D eigenvalue weighted by Gasteiger charge is 2.19. The fourth-order valence-electron chi connectivity index (χ4n) is 2.38. The Morgan fingerprint density at radius 3 is 2.58 bits per heavy atom. The Morgan fingerprint density at radius 1 is 1.26 bits per heavy atom. The van der Waals surface area contributed by atoms with Gasteiger partial charge in [-0.15, -0.1) is 0 Å². The summed E-state index contributed by atoms with van der Waals surface area (Å²) in [7, 11) is -3.64. The third-order valence-electron chi connectivity index (χ3n) is 3.57. The lowest BCUT2D eigenvalue weighted by Crippen LogP contribution is -2.30. The van der Waals surface area contributed by atoms with Crippen LogP contribution in [0.1, 0.15) is 32.1 Å². The summed E-state index contributed by atoms with van der Waals surface area (Å²) in [5.74, 6) is -0.317. The van der Waals surface area contributed by atoms with Gasteiger partial charge in [-0.05, 0) is 37.0 Å². The maximum absolute atomic E-state index is 13.3. The van der Waals surface area contributed by atoms with Gasteiger partial charge in [0, 0.05) is 6.54 Å². The van der Waals surface area contributed by atoms with E-state index in [1.165, 1.54) is 18.6 Å². The number of hydrogen-bond acceptors (Lipinski definition) is 3. The molecule has 1 aromatic rings. The van der Waals surface area contributed by atoms with Crippen molar-refractivity contribution in [1.82, 2.24) is 4.72 Å². The van der Waals surface area contributed by atoms with E-state index in [-0.39, 0.29) is 10.6 Å². The molecule has 106 valence electrons. The van der Waals surface area contributed by atoms with Gasteiger partial charge in [0.05, 0.1) is 10.6 Å². The molecule has 1 fully saturated rings. The number of nitrogens with one attached hydrogen (secondary N) is 1. The van der Waals surface area contributed by atoms with E-state index in [4.69, 9.17) is 5.73 Å². The zero-order valence-electron chi connectivity index (χ0n) is 10.7. The highest BCUT2D eigenvalue weighted by atomic mass is 32.2. The standard InChI is InChI=1S/C13H19FN2O2S/c14-12-8-11(6-7-13(12)15)19(17,18)16-9-10-4-2-1-3-5-10/h6-8,10,16H,1-5,9,15H2. The van der Waals surface area contributed by atoms with Gasteiger partial charge < -0.3 is 5.73 Å². The second-order valence-electron chi connectivity index (χ2n) is 5.04. The van der Waals surface area contributed by atoms with Crippen LogP contribution in [0.15, 0.2) is 23.1 Å². The molecule has 1 saturated carbocycles. The number of rotatable bonds is 4. The van der Waals surface area contributed by atoms with Crippen molar-refractivity contribution in [2.75, 3.05) is 12.3 Å². The third kappa shape index (κ3) is 3.67. The minimum atomic E-state index is -3.64. The van der Waals surface area contributed by atoms with E-state index >= 15 is 0 Å². The molecule has 0 atom stereocenters. The fourth-order valence-corrected chi connectivity index (χ4v) is 3.50. The molecule has 3 N–H and O–H groups in total. The van der Waals surface area contributed by atoms with Gasteiger partial charge in [0.2, 0.25) is 10.0 Å². The zero-order valence-corrected chi connectivity index (χ0v) is 11.5. The van der Waals surface area contributed by atoms with Gasteiger partial charge in [0.1, 0.15) is 5.82 Å². The Hall–Kier alpha value is -1.14. The second-order valence-corrected chi connectivity index (χ2v) is 6.81. The van der Waals surface area contributed by atoms with Gasteiger partial charge >= 0.3 is 0 Å². The summed E-state index contributed by atoms with van der Waals surface area (Å²) in [4.78, 5) is -0.0741. The van der Waals surface area contributed by atoms with E-state index in [0.717, 1.165) is 31.7 Å². The van der Waals surface area contributed by atoms with Crippen LogP contribution in [0.5, 0.6) is 0 Å². The highest BCUT2D eigenvalue weighted by molar-refractivity contribution is 7.89. The normalized spacial score (nSPS) is 17.5. The van der Waals surface area contributed by atoms with Crippen molar-refractivity contribution in [1.29, 1.82) is 0 Å². The molecule has 0 aliphatic heterocycles. The average molecular weight is 286 g/mol. The number of halogens is 1. The maximum Gasteiger partial charge on any atom is 0.240 e. The van der Waals surface area contributed by atoms with E-state index in [9.17, 15) is 12.8 Å². The molecule has 0 radical (unpaired) electrons. The minimum Gasteiger partial charge on any atom is -0.396 e. The topological polar surface area (TPSA) is 72.2 Å². The second kappa shape index (κ2) is 5.88. The number of sulfonamides is 1. The molecule has 0 aromatic heterocycles. The monoisotopic (exact) mass is 286 g/mol. The van der Waals surface area contributed by atoms with Crippen molar-refractivity contribution in [2.24, 2.45) is 5.92 Å². The largest absolute Gasteiger partial charge is 0.396 e. The molecular formula is C13H19FN2O2S. The Morgan fingerprint density at radius 2 is 1.95 bits per heavy atom. The smallest absolute Gasteiger partial charge is 0.240 e. The molecule has 2 rings (SSSR count). The van der Waals surface area contributed by atoms with Crippen molar-refractivity contribution in [2.45, 2.75) is 37.0 Å². The van der Waals surface area contributed by atoms with Gasteiger partial charge in [-0.25, -0.2) is 17.5 Å². The average Bonchev–Trinajstić information content (AvgIpc) is 2.41. The number of benzene rings is 1. The molecule has 0 bridgehead atoms. The highest BCUT2D eigenvalue weighted by Crippen LogP contribution is 2.23. The van der Waals surface area contributed by atoms with Crippen molar-refractivity contribution < 1.29 is 12.8 Å². The molecule has 1 aliphatic rings. The van der Waals surface area contributed by atoms with E-state index in [1.807, 2.05) is 0 Å². The van der Waals surface area contributed by atoms with Gasteiger partial charge in [0.25, 0.3) is 0 Å². The molecule has 0 amide bonds. The van der Waals surface area contributed by atoms with Crippen molar-refractivity contribution in [3.63, 3.8) is 0 Å². The Labute approximate surface area is 113 Å². The number of nitrogen functional groups attached to an aromatic ring is 1. The van der Waals surface area contributed by atoms with Crippen LogP contribution in [0.2, 0.25) is 0 Å². The van der Waals surface area contributed by atoms with Crippen molar-refractivity contribution >= 4 is 15.7 Å². The first-order valence-electron chi connectivity index (χ1n) is 6.54. The van der Waals surface area contributed by atoms with Crippen LogP contribution in [0.3, 0.4) is 0 Å². The minimum absolute atomic E-state index is 0.0498. The lowest BCUT2D eigenvalue weighted by atomic mass is 9.90. The SMILES string of the molecule is Nc1ccc(S(=O)(=O)NCC2CCCCC2)cc1F. The number of hydrogen-bond donors (Lipinski definition) is 2. The summed E-state index contributed by atoms with van der Waals surface area (Å²) in [5.41, 5.74) is 5.28. The molecular weight excluding hydrogens is 267 g/mol. The molecule has 1 aliphatic carbocycles. The van der Waals surface area contributed by atoms with Crippen molar-refractivity contribution in [3.05, 3.63) is 24.0 Å². The van der Waals surface area contributed by atoms with E-state index < -0.39 is 15.8 Å². The van der Waals surface area contributed by atoms with Gasteiger partial charge in [0.15, 0.2) is 0 Å². The summed E-state index contributed by atoms with van der Waals surface area (Å²) < 4.78 is 39.9. The molecule has 6 heteroatoms. The molecule has 1 aromatic carbocycles. The van der Waals surface area contributed by atoms with E-state index in [0.29, 0.717) is 12.5 Å². The molecule has 19 heavy (non-hydrogen) atoms. The Kier molecular flexibility index (Phi) is 4.42. The Balaban J connectivity index is 2.02. The lowest BCUT2D eigenvalue weighted by molar-refractivity contribution is 0.357. The maximum atomic E-state index is 13.3. The van der Waals surface area contributed by atoms with Crippen LogP contribution in [0.25, 0.3) is 0 Å². The number of anilines is 1. The lowest BCUT2D eigenvalue weighted by Gasteiger charge is -2.21. The zero-order chi connectivity index (χ0) is 13.9. The summed E-state index contributed by atoms with van der Waals surface area (Å²) in [6.45, 7) is 0.425. The summed E-state index contributed by atoms with van der Waals surface area (Å²) in [6, 6.07) is 3.55. The van der Waals surface area contributed by atoms with Crippen LogP contribution in [0, 0.1) is 11.7 Å². The molecule has 4 nitrogen and oxygen atoms in total. The predicted molar refractivity (Wildman–Crippen MR) is 72.6 cm³/mol. The Bertz CT molecular complexity index is 540. The van der Waals surface area contributed by atoms with Crippen LogP contribution in [0.4, 0.5) is 10.1 Å². The fraction of sp³-hybridized carbons (Fsp3) is 0.538. The molecule has 0 spiro atoms. The van der Waals surface area contributed by atoms with Gasteiger partial charge in [-0.2, -0.15) is 0 Å². The van der Waals surface area contributed by atoms with Crippen molar-refractivity contribution in [3.8, 4) is 0 Å². The quantitative estimate of drug-likeness (QED) is 0.834. The first-order valence-corrected chi connectivity index (χ1v) is 8.02. The molecule has 0 saturated heterocycles. The van der Waals surface area contributed by atoms with Crippen LogP contribution in [-0.4, -0.2) is 15.0 Å². The van der Waals surface area contributed by atoms with Crippen LogP contribution >= 0.6 is 0 Å². The predicted octanol–water partition coefficient (Wildman–Crippen LogP) is 2.27. The summed E-state index contributed by atoms with van der Waals surface area (Å²) >= 11 is 0. The van der Waals surface area contributed by atoms with E-state index in [1.54, 1.807) is 0 Å². The summed E-state index contributed by atoms with van der Waals surface area (Å²) in [6.07, 6.45) is 5.65. The molecule has 0 heterocycles. The van der Waals surface area contributed by atoms with E-state index in [2.05, 4.69) is 4.72 Å². The summed E-state index contributed by atoms with van der Waals surface area (Å²) in [5, 5.41) is 0. The third-order valence-corrected chi connectivity index (χ3v) is 4.99. The van der Waals surface area contributed by atoms with Gasteiger partial charge in [-0.3, -0.25) is 0 Å². The first kappa shape index (κ1) is 14.3. The first-order chi connectivity index (χ1) is 8.99. The van der Waals surface area contributed by atoms with Gasteiger partial charge in [-0.1, -0.05) is 19.3 Å². The van der Waals surface area contributed by atoms with Crippen LogP contribution < -0.4 is 10.5 Å². The van der Waals surface area contributed by atoms with Crippen LogP contribution in [-0.2, 0) is 10.0 Å². The molecule has 0 unspecified atom stereocenters. The number of nitrogens with two attached hydrogens (primary N) is 1.